The molecule has 0 bridgehead atoms. The first-order valence-electron chi connectivity index (χ1n) is 3.39. The Morgan fingerprint density at radius 2 is 1.91 bits per heavy atom. The summed E-state index contributed by atoms with van der Waals surface area (Å²) in [6.45, 7) is 0. The van der Waals surface area contributed by atoms with Crippen LogP contribution in [0.1, 0.15) is 0 Å². The van der Waals surface area contributed by atoms with Crippen molar-refractivity contribution in [2.24, 2.45) is 10.7 Å². The molecule has 2 N–H and O–H groups in total. The fourth-order valence-corrected chi connectivity index (χ4v) is 0.693. The first-order valence-corrected chi connectivity index (χ1v) is 3.39. The van der Waals surface area contributed by atoms with Crippen molar-refractivity contribution >= 4 is 11.9 Å². The van der Waals surface area contributed by atoms with Gasteiger partial charge in [-0.05, 0) is 24.4 Å². The van der Waals surface area contributed by atoms with E-state index < -0.39 is 0 Å². The Morgan fingerprint density at radius 1 is 1.18 bits per heavy atom. The summed E-state index contributed by atoms with van der Waals surface area (Å²) in [5.74, 6) is 0. The molecule has 11 heavy (non-hydrogen) atoms. The normalized spacial score (nSPS) is 11.3. The zero-order chi connectivity index (χ0) is 7.94. The predicted octanol–water partition coefficient (Wildman–Crippen LogP) is 1.86. The number of para-hydroxylation sites is 1. The molecule has 2 nitrogen and oxygen atoms in total. The van der Waals surface area contributed by atoms with Crippen LogP contribution in [-0.4, -0.2) is 6.21 Å². The summed E-state index contributed by atoms with van der Waals surface area (Å²) in [4.78, 5) is 4.10. The molecule has 0 aliphatic rings. The van der Waals surface area contributed by atoms with Gasteiger partial charge >= 0.3 is 0 Å². The van der Waals surface area contributed by atoms with Gasteiger partial charge in [-0.15, -0.1) is 0 Å². The van der Waals surface area contributed by atoms with Gasteiger partial charge in [0.2, 0.25) is 0 Å². The van der Waals surface area contributed by atoms with E-state index in [4.69, 9.17) is 5.73 Å². The van der Waals surface area contributed by atoms with Crippen LogP contribution in [0.25, 0.3) is 0 Å². The molecule has 0 atom stereocenters. The SMILES string of the molecule is N/C=C/C=Nc1ccccc1. The Hall–Kier alpha value is -1.57. The maximum absolute atomic E-state index is 5.12. The first-order chi connectivity index (χ1) is 5.43. The maximum Gasteiger partial charge on any atom is 0.0629 e. The maximum atomic E-state index is 5.12. The van der Waals surface area contributed by atoms with Gasteiger partial charge < -0.3 is 5.73 Å². The van der Waals surface area contributed by atoms with Crippen molar-refractivity contribution in [2.45, 2.75) is 0 Å². The molecule has 0 aliphatic heterocycles. The fraction of sp³-hybridized carbons (Fsp3) is 0. The smallest absolute Gasteiger partial charge is 0.0629 e. The van der Waals surface area contributed by atoms with Crippen LogP contribution in [0.5, 0.6) is 0 Å². The second kappa shape index (κ2) is 4.28. The summed E-state index contributed by atoms with van der Waals surface area (Å²) < 4.78 is 0. The van der Waals surface area contributed by atoms with Crippen molar-refractivity contribution in [1.82, 2.24) is 0 Å². The van der Waals surface area contributed by atoms with Gasteiger partial charge in [-0.25, -0.2) is 0 Å². The molecule has 0 saturated carbocycles. The van der Waals surface area contributed by atoms with Gasteiger partial charge in [0.05, 0.1) is 5.69 Å². The molecule has 0 aliphatic carbocycles. The van der Waals surface area contributed by atoms with Gasteiger partial charge in [-0.3, -0.25) is 4.99 Å². The van der Waals surface area contributed by atoms with Crippen molar-refractivity contribution in [2.75, 3.05) is 0 Å². The lowest BCUT2D eigenvalue weighted by Crippen LogP contribution is -1.75. The Balaban J connectivity index is 2.64. The van der Waals surface area contributed by atoms with E-state index in [0.717, 1.165) is 5.69 Å². The number of aliphatic imine (C=N–C) groups is 1. The van der Waals surface area contributed by atoms with Crippen LogP contribution in [0, 0.1) is 0 Å². The summed E-state index contributed by atoms with van der Waals surface area (Å²) in [5.41, 5.74) is 6.06. The lowest BCUT2D eigenvalue weighted by molar-refractivity contribution is 1.53. The van der Waals surface area contributed by atoms with Crippen molar-refractivity contribution in [3.05, 3.63) is 42.6 Å². The van der Waals surface area contributed by atoms with Gasteiger partial charge in [0.15, 0.2) is 0 Å². The molecule has 1 aromatic rings. The van der Waals surface area contributed by atoms with Crippen molar-refractivity contribution < 1.29 is 0 Å². The molecule has 1 rings (SSSR count). The number of nitrogens with zero attached hydrogens (tertiary/aromatic N) is 1. The van der Waals surface area contributed by atoms with Crippen molar-refractivity contribution in [3.8, 4) is 0 Å². The van der Waals surface area contributed by atoms with E-state index in [9.17, 15) is 0 Å². The molecule has 0 heterocycles. The molecule has 0 unspecified atom stereocenters. The molecule has 0 amide bonds. The van der Waals surface area contributed by atoms with Crippen LogP contribution in [0.15, 0.2) is 47.6 Å². The fourth-order valence-electron chi connectivity index (χ4n) is 0.693. The Morgan fingerprint density at radius 3 is 2.55 bits per heavy atom. The topological polar surface area (TPSA) is 38.4 Å². The second-order valence-electron chi connectivity index (χ2n) is 2.00. The van der Waals surface area contributed by atoms with Crippen LogP contribution < -0.4 is 5.73 Å². The van der Waals surface area contributed by atoms with Crippen LogP contribution in [0.4, 0.5) is 5.69 Å². The Labute approximate surface area is 66.1 Å². The van der Waals surface area contributed by atoms with Crippen LogP contribution >= 0.6 is 0 Å². The van der Waals surface area contributed by atoms with Gasteiger partial charge in [0.1, 0.15) is 0 Å². The van der Waals surface area contributed by atoms with Crippen molar-refractivity contribution in [1.29, 1.82) is 0 Å². The third-order valence-electron chi connectivity index (χ3n) is 1.18. The van der Waals surface area contributed by atoms with E-state index in [2.05, 4.69) is 4.99 Å². The highest BCUT2D eigenvalue weighted by Crippen LogP contribution is 2.07. The van der Waals surface area contributed by atoms with E-state index in [-0.39, 0.29) is 0 Å². The molecule has 0 fully saturated rings. The highest BCUT2D eigenvalue weighted by atomic mass is 14.7. The molecule has 0 radical (unpaired) electrons. The first kappa shape index (κ1) is 7.54. The number of hydrogen-bond acceptors (Lipinski definition) is 2. The van der Waals surface area contributed by atoms with Gasteiger partial charge in [0, 0.05) is 6.21 Å². The molecule has 2 heteroatoms. The largest absolute Gasteiger partial charge is 0.405 e. The zero-order valence-electron chi connectivity index (χ0n) is 6.14. The number of allylic oxidation sites excluding steroid dienone is 1. The lowest BCUT2D eigenvalue weighted by atomic mass is 10.3. The summed E-state index contributed by atoms with van der Waals surface area (Å²) in [5, 5.41) is 0. The quantitative estimate of drug-likeness (QED) is 0.635. The molecule has 56 valence electrons. The summed E-state index contributed by atoms with van der Waals surface area (Å²) in [7, 11) is 0. The zero-order valence-corrected chi connectivity index (χ0v) is 6.14. The standard InChI is InChI=1S/C9H10N2/c10-7-4-8-11-9-5-2-1-3-6-9/h1-8H,10H2/b7-4+,11-8?. The van der Waals surface area contributed by atoms with E-state index >= 15 is 0 Å². The van der Waals surface area contributed by atoms with E-state index in [1.165, 1.54) is 6.20 Å². The third-order valence-corrected chi connectivity index (χ3v) is 1.18. The number of benzene rings is 1. The molecule has 0 aromatic heterocycles. The highest BCUT2D eigenvalue weighted by Gasteiger charge is 1.79. The van der Waals surface area contributed by atoms with Crippen LogP contribution in [-0.2, 0) is 0 Å². The summed E-state index contributed by atoms with van der Waals surface area (Å²) in [6.07, 6.45) is 4.80. The van der Waals surface area contributed by atoms with Gasteiger partial charge in [-0.1, -0.05) is 18.2 Å². The number of hydrogen-bond donors (Lipinski definition) is 1. The van der Waals surface area contributed by atoms with Crippen molar-refractivity contribution in [3.63, 3.8) is 0 Å². The average Bonchev–Trinajstić information content (AvgIpc) is 2.07. The summed E-state index contributed by atoms with van der Waals surface area (Å²) in [6, 6.07) is 9.71. The molecular weight excluding hydrogens is 136 g/mol. The molecule has 0 saturated heterocycles. The Kier molecular flexibility index (Phi) is 2.93. The van der Waals surface area contributed by atoms with Gasteiger partial charge in [0.25, 0.3) is 0 Å². The van der Waals surface area contributed by atoms with E-state index in [1.54, 1.807) is 12.3 Å². The van der Waals surface area contributed by atoms with E-state index in [1.807, 2.05) is 30.3 Å². The van der Waals surface area contributed by atoms with Crippen LogP contribution in [0.3, 0.4) is 0 Å². The minimum absolute atomic E-state index is 0.936. The summed E-state index contributed by atoms with van der Waals surface area (Å²) >= 11 is 0. The number of rotatable bonds is 2. The van der Waals surface area contributed by atoms with Crippen LogP contribution in [0.2, 0.25) is 0 Å². The van der Waals surface area contributed by atoms with E-state index in [0.29, 0.717) is 0 Å². The molecular formula is C9H10N2. The predicted molar refractivity (Wildman–Crippen MR) is 47.9 cm³/mol. The average molecular weight is 146 g/mol. The number of nitrogens with two attached hydrogens (primary N) is 1. The monoisotopic (exact) mass is 146 g/mol. The third kappa shape index (κ3) is 2.67. The molecule has 1 aromatic carbocycles. The molecule has 0 spiro atoms. The second-order valence-corrected chi connectivity index (χ2v) is 2.00. The Bertz CT molecular complexity index is 250. The highest BCUT2D eigenvalue weighted by molar-refractivity contribution is 5.74. The van der Waals surface area contributed by atoms with Gasteiger partial charge in [-0.2, -0.15) is 0 Å². The minimum atomic E-state index is 0.936. The lowest BCUT2D eigenvalue weighted by Gasteiger charge is -1.87. The minimum Gasteiger partial charge on any atom is -0.405 e.